The summed E-state index contributed by atoms with van der Waals surface area (Å²) in [4.78, 5) is 30.2. The third-order valence-corrected chi connectivity index (χ3v) is 10.4. The van der Waals surface area contributed by atoms with Crippen molar-refractivity contribution in [3.63, 3.8) is 0 Å². The maximum Gasteiger partial charge on any atom is 0.319 e. The Kier molecular flexibility index (Phi) is 9.31. The molecule has 0 saturated carbocycles. The van der Waals surface area contributed by atoms with Gasteiger partial charge in [0, 0.05) is 56.1 Å². The third-order valence-electron chi connectivity index (χ3n) is 10.4. The van der Waals surface area contributed by atoms with E-state index in [1.54, 1.807) is 18.2 Å². The van der Waals surface area contributed by atoms with Crippen LogP contribution in [0.4, 0.5) is 30.4 Å². The number of terminal acetylenes is 1. The van der Waals surface area contributed by atoms with Crippen LogP contribution in [0.3, 0.4) is 0 Å². The van der Waals surface area contributed by atoms with Crippen molar-refractivity contribution in [3.8, 4) is 24.1 Å². The largest absolute Gasteiger partial charge is 0.489 e. The number of carbonyl (C=O) groups excluding carboxylic acids is 1. The molecule has 1 amide bonds. The minimum Gasteiger partial charge on any atom is -0.489 e. The minimum absolute atomic E-state index is 0.0183. The van der Waals surface area contributed by atoms with Gasteiger partial charge in [0.05, 0.1) is 23.3 Å². The average molecular weight is 699 g/mol. The van der Waals surface area contributed by atoms with Gasteiger partial charge < -0.3 is 29.1 Å². The van der Waals surface area contributed by atoms with Crippen LogP contribution < -0.4 is 24.2 Å². The standard InChI is InChI=1S/C39H41F3N6O3/c1-5-30-32(42)15-16-34-36(30)47(18-19-50-34)28-13-14-31-33(20-28)43-38(44-37(31)45(4)23-29-8-7-17-46(29)35(49)6-2)51-24-39(3)21-26(41)22-48(39)27-11-9-25(40)10-12-27/h1,6,9-12,15-16,20,26,29H,2,7-8,13-14,17-19,21-24H2,3-4H3/t26-,29+,39+/m1/s1. The van der Waals surface area contributed by atoms with Crippen molar-refractivity contribution in [2.75, 3.05) is 61.1 Å². The molecule has 1 aliphatic carbocycles. The lowest BCUT2D eigenvalue weighted by molar-refractivity contribution is -0.126. The Labute approximate surface area is 296 Å². The van der Waals surface area contributed by atoms with Crippen LogP contribution in [0.15, 0.2) is 54.8 Å². The summed E-state index contributed by atoms with van der Waals surface area (Å²) in [6.07, 6.45) is 11.2. The first-order valence-corrected chi connectivity index (χ1v) is 17.3. The predicted octanol–water partition coefficient (Wildman–Crippen LogP) is 5.92. The second-order valence-corrected chi connectivity index (χ2v) is 13.8. The summed E-state index contributed by atoms with van der Waals surface area (Å²) in [5.41, 5.74) is 3.07. The van der Waals surface area contributed by atoms with E-state index in [4.69, 9.17) is 25.9 Å². The molecule has 2 saturated heterocycles. The van der Waals surface area contributed by atoms with Crippen molar-refractivity contribution in [2.45, 2.75) is 56.8 Å². The number of alkyl halides is 1. The van der Waals surface area contributed by atoms with E-state index in [1.165, 1.54) is 24.3 Å². The summed E-state index contributed by atoms with van der Waals surface area (Å²) in [6.45, 7) is 7.92. The quantitative estimate of drug-likeness (QED) is 0.202. The summed E-state index contributed by atoms with van der Waals surface area (Å²) < 4.78 is 55.8. The van der Waals surface area contributed by atoms with Gasteiger partial charge in [0.2, 0.25) is 5.91 Å². The zero-order valence-corrected chi connectivity index (χ0v) is 28.9. The molecule has 51 heavy (non-hydrogen) atoms. The van der Waals surface area contributed by atoms with Gasteiger partial charge in [-0.25, -0.2) is 13.2 Å². The topological polar surface area (TPSA) is 74.3 Å². The van der Waals surface area contributed by atoms with Gasteiger partial charge in [-0.1, -0.05) is 12.5 Å². The van der Waals surface area contributed by atoms with Crippen LogP contribution >= 0.6 is 0 Å². The highest BCUT2D eigenvalue weighted by molar-refractivity contribution is 5.87. The molecule has 2 aromatic carbocycles. The molecule has 7 rings (SSSR count). The smallest absolute Gasteiger partial charge is 0.319 e. The molecule has 2 fully saturated rings. The zero-order chi connectivity index (χ0) is 35.9. The molecule has 4 aliphatic rings. The number of benzene rings is 2. The molecule has 3 atom stereocenters. The number of anilines is 3. The highest BCUT2D eigenvalue weighted by Crippen LogP contribution is 2.42. The number of carbonyl (C=O) groups is 1. The lowest BCUT2D eigenvalue weighted by Crippen LogP contribution is -2.46. The fraction of sp³-hybridized carbons (Fsp3) is 0.410. The molecule has 9 nitrogen and oxygen atoms in total. The first-order valence-electron chi connectivity index (χ1n) is 17.3. The number of rotatable bonds is 9. The molecular formula is C39H41F3N6O3. The first-order chi connectivity index (χ1) is 24.6. The summed E-state index contributed by atoms with van der Waals surface area (Å²) in [6, 6.07) is 9.04. The van der Waals surface area contributed by atoms with E-state index in [0.29, 0.717) is 67.7 Å². The molecule has 4 heterocycles. The molecule has 0 radical (unpaired) electrons. The molecule has 266 valence electrons. The highest BCUT2D eigenvalue weighted by atomic mass is 19.1. The van der Waals surface area contributed by atoms with Crippen molar-refractivity contribution in [2.24, 2.45) is 0 Å². The molecule has 0 bridgehead atoms. The van der Waals surface area contributed by atoms with Crippen molar-refractivity contribution >= 4 is 29.2 Å². The fourth-order valence-electron chi connectivity index (χ4n) is 7.92. The van der Waals surface area contributed by atoms with Crippen LogP contribution in [0.25, 0.3) is 6.08 Å². The molecule has 1 aromatic heterocycles. The maximum absolute atomic E-state index is 15.0. The van der Waals surface area contributed by atoms with Crippen molar-refractivity contribution in [3.05, 3.63) is 83.2 Å². The van der Waals surface area contributed by atoms with Crippen LogP contribution in [0.5, 0.6) is 11.8 Å². The Balaban J connectivity index is 1.24. The number of hydrogen-bond acceptors (Lipinski definition) is 8. The number of ether oxygens (including phenoxy) is 2. The first kappa shape index (κ1) is 34.3. The van der Waals surface area contributed by atoms with E-state index in [0.717, 1.165) is 24.1 Å². The van der Waals surface area contributed by atoms with Gasteiger partial charge >= 0.3 is 6.01 Å². The van der Waals surface area contributed by atoms with Gasteiger partial charge in [-0.2, -0.15) is 9.97 Å². The summed E-state index contributed by atoms with van der Waals surface area (Å²) in [7, 11) is 1.95. The number of amides is 1. The molecular weight excluding hydrogens is 657 g/mol. The van der Waals surface area contributed by atoms with E-state index in [1.807, 2.05) is 39.6 Å². The average Bonchev–Trinajstić information content (AvgIpc) is 3.72. The second kappa shape index (κ2) is 13.9. The van der Waals surface area contributed by atoms with Gasteiger partial charge in [-0.05, 0) is 81.2 Å². The van der Waals surface area contributed by atoms with Crippen LogP contribution in [0, 0.1) is 24.0 Å². The molecule has 3 aliphatic heterocycles. The molecule has 3 aromatic rings. The highest BCUT2D eigenvalue weighted by Gasteiger charge is 2.43. The van der Waals surface area contributed by atoms with Crippen molar-refractivity contribution < 1.29 is 27.4 Å². The van der Waals surface area contributed by atoms with E-state index in [9.17, 15) is 18.0 Å². The Morgan fingerprint density at radius 2 is 2.00 bits per heavy atom. The molecule has 0 spiro atoms. The Morgan fingerprint density at radius 3 is 2.76 bits per heavy atom. The Bertz CT molecular complexity index is 1910. The normalized spacial score (nSPS) is 22.4. The van der Waals surface area contributed by atoms with Gasteiger partial charge in [-0.3, -0.25) is 4.79 Å². The maximum atomic E-state index is 15.0. The minimum atomic E-state index is -1.10. The van der Waals surface area contributed by atoms with E-state index in [-0.39, 0.29) is 48.9 Å². The lowest BCUT2D eigenvalue weighted by Gasteiger charge is -2.37. The monoisotopic (exact) mass is 698 g/mol. The summed E-state index contributed by atoms with van der Waals surface area (Å²) in [5.74, 6) is 2.75. The fourth-order valence-corrected chi connectivity index (χ4v) is 7.92. The van der Waals surface area contributed by atoms with Crippen molar-refractivity contribution in [1.29, 1.82) is 0 Å². The van der Waals surface area contributed by atoms with Crippen LogP contribution in [-0.4, -0.2) is 85.0 Å². The number of halogens is 3. The summed E-state index contributed by atoms with van der Waals surface area (Å²) >= 11 is 0. The van der Waals surface area contributed by atoms with Gasteiger partial charge in [0.15, 0.2) is 0 Å². The van der Waals surface area contributed by atoms with E-state index in [2.05, 4.69) is 12.5 Å². The van der Waals surface area contributed by atoms with E-state index < -0.39 is 17.5 Å². The van der Waals surface area contributed by atoms with Gasteiger partial charge in [0.25, 0.3) is 0 Å². The Morgan fingerprint density at radius 1 is 1.20 bits per heavy atom. The molecule has 0 unspecified atom stereocenters. The van der Waals surface area contributed by atoms with Crippen LogP contribution in [-0.2, 0) is 11.2 Å². The number of aromatic nitrogens is 2. The number of hydrogen-bond donors (Lipinski definition) is 0. The summed E-state index contributed by atoms with van der Waals surface area (Å²) in [5, 5.41) is 0. The van der Waals surface area contributed by atoms with Crippen molar-refractivity contribution in [1.82, 2.24) is 14.9 Å². The Hall–Kier alpha value is -5.18. The zero-order valence-electron chi connectivity index (χ0n) is 28.9. The molecule has 0 N–H and O–H groups in total. The number of fused-ring (bicyclic) bond motifs is 2. The molecule has 12 heteroatoms. The number of allylic oxidation sites excluding steroid dienone is 1. The second-order valence-electron chi connectivity index (χ2n) is 13.8. The van der Waals surface area contributed by atoms with E-state index >= 15 is 0 Å². The number of nitrogens with zero attached hydrogens (tertiary/aromatic N) is 6. The van der Waals surface area contributed by atoms with Crippen LogP contribution in [0.2, 0.25) is 0 Å². The number of likely N-dealkylation sites (N-methyl/N-ethyl adjacent to an activating group) is 1. The van der Waals surface area contributed by atoms with Gasteiger partial charge in [0.1, 0.15) is 48.3 Å². The number of likely N-dealkylation sites (tertiary alicyclic amines) is 1. The predicted molar refractivity (Wildman–Crippen MR) is 191 cm³/mol. The SMILES string of the molecule is C#Cc1c(F)ccc2c1N(C1=Cc3nc(OC[C@]4(C)C[C@@H](F)CN4c4ccc(F)cc4)nc(N(C)C[C@@H]4CCCN4C(=O)C=C)c3CC1)CCO2. The van der Waals surface area contributed by atoms with Crippen LogP contribution in [0.1, 0.15) is 49.4 Å². The third kappa shape index (κ3) is 6.57. The van der Waals surface area contributed by atoms with Gasteiger partial charge in [-0.15, -0.1) is 6.42 Å². The lowest BCUT2D eigenvalue weighted by atomic mass is 9.97.